The summed E-state index contributed by atoms with van der Waals surface area (Å²) in [6.45, 7) is 11.4. The molecule has 0 rings (SSSR count). The van der Waals surface area contributed by atoms with Crippen LogP contribution in [0.25, 0.3) is 0 Å². The molecule has 0 spiro atoms. The molecule has 0 aliphatic heterocycles. The van der Waals surface area contributed by atoms with Crippen molar-refractivity contribution in [2.24, 2.45) is 11.3 Å². The number of hydrogen-bond acceptors (Lipinski definition) is 2. The van der Waals surface area contributed by atoms with Crippen LogP contribution in [-0.2, 0) is 0 Å². The van der Waals surface area contributed by atoms with Crippen LogP contribution < -0.4 is 5.32 Å². The van der Waals surface area contributed by atoms with Crippen molar-refractivity contribution in [3.05, 3.63) is 12.7 Å². The van der Waals surface area contributed by atoms with Gasteiger partial charge in [0.25, 0.3) is 0 Å². The van der Waals surface area contributed by atoms with E-state index < -0.39 is 5.51 Å². The van der Waals surface area contributed by atoms with Gasteiger partial charge in [0.15, 0.2) is 0 Å². The average Bonchev–Trinajstić information content (AvgIpc) is 2.15. The van der Waals surface area contributed by atoms with E-state index in [1.54, 1.807) is 6.08 Å². The maximum atomic E-state index is 12.0. The fraction of sp³-hybridized carbons (Fsp3) is 0.833. The van der Waals surface area contributed by atoms with Gasteiger partial charge in [0.05, 0.1) is 0 Å². The molecule has 0 saturated heterocycles. The van der Waals surface area contributed by atoms with Crippen LogP contribution >= 0.6 is 11.8 Å². The summed E-state index contributed by atoms with van der Waals surface area (Å²) in [5.74, 6) is 0.615. The Labute approximate surface area is 106 Å². The van der Waals surface area contributed by atoms with Gasteiger partial charge in [-0.3, -0.25) is 0 Å². The fourth-order valence-electron chi connectivity index (χ4n) is 1.31. The Morgan fingerprint density at radius 3 is 2.35 bits per heavy atom. The largest absolute Gasteiger partial charge is 0.441 e. The molecular formula is C12H22F3NS. The van der Waals surface area contributed by atoms with Gasteiger partial charge in [0, 0.05) is 12.3 Å². The van der Waals surface area contributed by atoms with Gasteiger partial charge >= 0.3 is 5.51 Å². The van der Waals surface area contributed by atoms with E-state index >= 15 is 0 Å². The summed E-state index contributed by atoms with van der Waals surface area (Å²) in [6, 6.07) is 0. The summed E-state index contributed by atoms with van der Waals surface area (Å²) in [7, 11) is 0. The number of halogens is 3. The van der Waals surface area contributed by atoms with Crippen LogP contribution in [0.1, 0.15) is 27.2 Å². The van der Waals surface area contributed by atoms with E-state index in [0.29, 0.717) is 18.9 Å². The number of nitrogens with one attached hydrogen (secondary N) is 1. The first-order valence-electron chi connectivity index (χ1n) is 5.73. The van der Waals surface area contributed by atoms with Gasteiger partial charge in [-0.15, -0.1) is 6.58 Å². The van der Waals surface area contributed by atoms with Gasteiger partial charge in [-0.1, -0.05) is 38.6 Å². The second kappa shape index (κ2) is 7.31. The van der Waals surface area contributed by atoms with Crippen LogP contribution in [-0.4, -0.2) is 24.4 Å². The van der Waals surface area contributed by atoms with Crippen LogP contribution in [0.3, 0.4) is 0 Å². The molecule has 1 atom stereocenters. The molecule has 0 aromatic carbocycles. The zero-order valence-corrected chi connectivity index (χ0v) is 11.5. The van der Waals surface area contributed by atoms with Gasteiger partial charge in [0.1, 0.15) is 0 Å². The Hall–Kier alpha value is -0.160. The first-order valence-corrected chi connectivity index (χ1v) is 6.72. The second-order valence-corrected chi connectivity index (χ2v) is 6.09. The third kappa shape index (κ3) is 9.53. The van der Waals surface area contributed by atoms with Gasteiger partial charge in [-0.25, -0.2) is 0 Å². The number of alkyl halides is 3. The maximum Gasteiger partial charge on any atom is 0.441 e. The molecule has 0 saturated carbocycles. The lowest BCUT2D eigenvalue weighted by atomic mass is 9.87. The predicted molar refractivity (Wildman–Crippen MR) is 69.1 cm³/mol. The summed E-state index contributed by atoms with van der Waals surface area (Å²) >= 11 is 0.0400. The van der Waals surface area contributed by atoms with Gasteiger partial charge in [0.2, 0.25) is 0 Å². The molecule has 102 valence electrons. The molecule has 1 nitrogen and oxygen atoms in total. The van der Waals surface area contributed by atoms with Crippen molar-refractivity contribution in [2.45, 2.75) is 32.7 Å². The molecule has 0 radical (unpaired) electrons. The predicted octanol–water partition coefficient (Wildman–Crippen LogP) is 4.07. The first kappa shape index (κ1) is 16.8. The lowest BCUT2D eigenvalue weighted by molar-refractivity contribution is -0.0328. The summed E-state index contributed by atoms with van der Waals surface area (Å²) in [4.78, 5) is 0. The second-order valence-electron chi connectivity index (χ2n) is 4.93. The van der Waals surface area contributed by atoms with E-state index in [1.807, 2.05) is 6.92 Å². The Kier molecular flexibility index (Phi) is 7.24. The number of hydrogen-bond donors (Lipinski definition) is 1. The first-order chi connectivity index (χ1) is 7.68. The molecule has 1 unspecified atom stereocenters. The van der Waals surface area contributed by atoms with Crippen molar-refractivity contribution < 1.29 is 13.2 Å². The average molecular weight is 269 g/mol. The molecule has 0 bridgehead atoms. The molecular weight excluding hydrogens is 247 g/mol. The SMILES string of the molecule is C=CC(C)(CCSC(F)(F)F)CNCC(C)C. The quantitative estimate of drug-likeness (QED) is 0.667. The fourth-order valence-corrected chi connectivity index (χ4v) is 2.11. The third-order valence-corrected chi connectivity index (χ3v) is 3.25. The topological polar surface area (TPSA) is 12.0 Å². The van der Waals surface area contributed by atoms with Crippen molar-refractivity contribution in [3.63, 3.8) is 0 Å². The van der Waals surface area contributed by atoms with Gasteiger partial charge in [-0.05, 0) is 24.3 Å². The van der Waals surface area contributed by atoms with E-state index in [1.165, 1.54) is 0 Å². The standard InChI is InChI=1S/C12H22F3NS/c1-5-11(4,9-16-8-10(2)3)6-7-17-12(13,14)15/h5,10,16H,1,6-9H2,2-4H3. The van der Waals surface area contributed by atoms with Crippen molar-refractivity contribution in [1.29, 1.82) is 0 Å². The highest BCUT2D eigenvalue weighted by Crippen LogP contribution is 2.33. The normalized spacial score (nSPS) is 15.9. The summed E-state index contributed by atoms with van der Waals surface area (Å²) in [5.41, 5.74) is -4.40. The minimum Gasteiger partial charge on any atom is -0.316 e. The lowest BCUT2D eigenvalue weighted by Crippen LogP contribution is -2.33. The summed E-state index contributed by atoms with van der Waals surface area (Å²) in [6.07, 6.45) is 2.23. The van der Waals surface area contributed by atoms with Crippen molar-refractivity contribution in [2.75, 3.05) is 18.8 Å². The van der Waals surface area contributed by atoms with Crippen LogP contribution in [0.5, 0.6) is 0 Å². The van der Waals surface area contributed by atoms with E-state index in [-0.39, 0.29) is 22.9 Å². The molecule has 0 aromatic heterocycles. The van der Waals surface area contributed by atoms with Crippen molar-refractivity contribution in [1.82, 2.24) is 5.32 Å². The molecule has 1 N–H and O–H groups in total. The van der Waals surface area contributed by atoms with E-state index in [0.717, 1.165) is 6.54 Å². The van der Waals surface area contributed by atoms with E-state index in [2.05, 4.69) is 25.7 Å². The Morgan fingerprint density at radius 1 is 1.35 bits per heavy atom. The lowest BCUT2D eigenvalue weighted by Gasteiger charge is -2.26. The van der Waals surface area contributed by atoms with E-state index in [9.17, 15) is 13.2 Å². The zero-order valence-electron chi connectivity index (χ0n) is 10.7. The summed E-state index contributed by atoms with van der Waals surface area (Å²) in [5, 5.41) is 3.26. The smallest absolute Gasteiger partial charge is 0.316 e. The zero-order chi connectivity index (χ0) is 13.5. The highest BCUT2D eigenvalue weighted by Gasteiger charge is 2.29. The molecule has 0 amide bonds. The maximum absolute atomic E-state index is 12.0. The van der Waals surface area contributed by atoms with Crippen LogP contribution in [0.15, 0.2) is 12.7 Å². The highest BCUT2D eigenvalue weighted by atomic mass is 32.2. The van der Waals surface area contributed by atoms with Crippen LogP contribution in [0, 0.1) is 11.3 Å². The van der Waals surface area contributed by atoms with Crippen molar-refractivity contribution in [3.8, 4) is 0 Å². The Bertz CT molecular complexity index is 228. The number of thioether (sulfide) groups is 1. The minimum absolute atomic E-state index is 0.0400. The summed E-state index contributed by atoms with van der Waals surface area (Å²) < 4.78 is 36.0. The van der Waals surface area contributed by atoms with Crippen LogP contribution in [0.4, 0.5) is 13.2 Å². The third-order valence-electron chi connectivity index (χ3n) is 2.51. The molecule has 17 heavy (non-hydrogen) atoms. The molecule has 5 heteroatoms. The number of rotatable bonds is 8. The highest BCUT2D eigenvalue weighted by molar-refractivity contribution is 8.00. The molecule has 0 aliphatic carbocycles. The van der Waals surface area contributed by atoms with E-state index in [4.69, 9.17) is 0 Å². The molecule has 0 aromatic rings. The van der Waals surface area contributed by atoms with Crippen LogP contribution in [0.2, 0.25) is 0 Å². The molecule has 0 aliphatic rings. The van der Waals surface area contributed by atoms with Gasteiger partial charge < -0.3 is 5.32 Å². The monoisotopic (exact) mass is 269 g/mol. The Balaban J connectivity index is 3.97. The van der Waals surface area contributed by atoms with Gasteiger partial charge in [-0.2, -0.15) is 13.2 Å². The molecule has 0 heterocycles. The Morgan fingerprint density at radius 2 is 1.94 bits per heavy atom. The van der Waals surface area contributed by atoms with Crippen molar-refractivity contribution >= 4 is 11.8 Å². The molecule has 0 fully saturated rings. The minimum atomic E-state index is -4.13.